The Hall–Kier alpha value is -1.85. The van der Waals surface area contributed by atoms with Crippen molar-refractivity contribution in [1.82, 2.24) is 10.4 Å². The summed E-state index contributed by atoms with van der Waals surface area (Å²) in [7, 11) is 0. The van der Waals surface area contributed by atoms with E-state index in [1.807, 2.05) is 0 Å². The summed E-state index contributed by atoms with van der Waals surface area (Å²) in [5, 5.41) is 6.93. The van der Waals surface area contributed by atoms with Gasteiger partial charge in [0.25, 0.3) is 5.91 Å². The van der Waals surface area contributed by atoms with Gasteiger partial charge in [-0.3, -0.25) is 9.78 Å². The highest BCUT2D eigenvalue weighted by molar-refractivity contribution is 5.83. The van der Waals surface area contributed by atoms with Gasteiger partial charge in [0.15, 0.2) is 6.04 Å². The van der Waals surface area contributed by atoms with E-state index in [0.29, 0.717) is 5.69 Å². The lowest BCUT2D eigenvalue weighted by Gasteiger charge is -2.00. The zero-order valence-corrected chi connectivity index (χ0v) is 6.44. The lowest BCUT2D eigenvalue weighted by molar-refractivity contribution is -0.120. The second-order valence-electron chi connectivity index (χ2n) is 2.50. The molecule has 1 aliphatic heterocycles. The topological polar surface area (TPSA) is 66.7 Å². The standard InChI is InChI=1S/C7H5FN4O/c8-4-1-2-5(9-3-4)6-7(13)11-12-10-6/h1-3,6H,(H,10,11,13). The number of halogens is 1. The smallest absolute Gasteiger partial charge is 0.270 e. The van der Waals surface area contributed by atoms with Crippen LogP contribution in [0.15, 0.2) is 28.7 Å². The molecule has 1 aromatic heterocycles. The summed E-state index contributed by atoms with van der Waals surface area (Å²) in [6.07, 6.45) is 1.04. The number of rotatable bonds is 1. The minimum Gasteiger partial charge on any atom is -0.270 e. The molecule has 13 heavy (non-hydrogen) atoms. The molecule has 2 heterocycles. The van der Waals surface area contributed by atoms with Crippen molar-refractivity contribution in [2.75, 3.05) is 0 Å². The highest BCUT2D eigenvalue weighted by Crippen LogP contribution is 2.18. The molecule has 0 spiro atoms. The fraction of sp³-hybridized carbons (Fsp3) is 0.143. The van der Waals surface area contributed by atoms with Crippen LogP contribution in [-0.2, 0) is 4.79 Å². The highest BCUT2D eigenvalue weighted by atomic mass is 19.1. The van der Waals surface area contributed by atoms with Gasteiger partial charge in [-0.2, -0.15) is 5.11 Å². The van der Waals surface area contributed by atoms with Gasteiger partial charge in [-0.1, -0.05) is 5.22 Å². The lowest BCUT2D eigenvalue weighted by Crippen LogP contribution is -2.17. The summed E-state index contributed by atoms with van der Waals surface area (Å²) in [6.45, 7) is 0. The molecular formula is C7H5FN4O. The van der Waals surface area contributed by atoms with Crippen LogP contribution in [0.3, 0.4) is 0 Å². The summed E-state index contributed by atoms with van der Waals surface area (Å²) >= 11 is 0. The monoisotopic (exact) mass is 180 g/mol. The fourth-order valence-corrected chi connectivity index (χ4v) is 0.992. The van der Waals surface area contributed by atoms with Gasteiger partial charge in [0.05, 0.1) is 11.9 Å². The van der Waals surface area contributed by atoms with Crippen molar-refractivity contribution >= 4 is 5.91 Å². The van der Waals surface area contributed by atoms with Crippen LogP contribution >= 0.6 is 0 Å². The van der Waals surface area contributed by atoms with Gasteiger partial charge in [-0.25, -0.2) is 9.82 Å². The van der Waals surface area contributed by atoms with Gasteiger partial charge in [-0.05, 0) is 12.1 Å². The van der Waals surface area contributed by atoms with Crippen molar-refractivity contribution in [2.45, 2.75) is 6.04 Å². The summed E-state index contributed by atoms with van der Waals surface area (Å²) < 4.78 is 12.5. The van der Waals surface area contributed by atoms with Gasteiger partial charge in [0, 0.05) is 0 Å². The second-order valence-corrected chi connectivity index (χ2v) is 2.50. The average molecular weight is 180 g/mol. The number of hydrogen-bond acceptors (Lipinski definition) is 4. The molecule has 0 saturated carbocycles. The Kier molecular flexibility index (Phi) is 1.73. The van der Waals surface area contributed by atoms with Gasteiger partial charge in [0.2, 0.25) is 0 Å². The first-order chi connectivity index (χ1) is 6.27. The largest absolute Gasteiger partial charge is 0.274 e. The third-order valence-corrected chi connectivity index (χ3v) is 1.61. The molecular weight excluding hydrogens is 175 g/mol. The van der Waals surface area contributed by atoms with Gasteiger partial charge < -0.3 is 0 Å². The predicted molar refractivity (Wildman–Crippen MR) is 39.9 cm³/mol. The molecule has 0 aromatic carbocycles. The van der Waals surface area contributed by atoms with Gasteiger partial charge in [-0.15, -0.1) is 0 Å². The molecule has 1 amide bonds. The van der Waals surface area contributed by atoms with Crippen LogP contribution in [0.4, 0.5) is 4.39 Å². The molecule has 0 aliphatic carbocycles. The average Bonchev–Trinajstić information content (AvgIpc) is 2.53. The zero-order chi connectivity index (χ0) is 9.26. The third-order valence-electron chi connectivity index (χ3n) is 1.61. The number of carbonyl (C=O) groups is 1. The Bertz CT molecular complexity index is 361. The van der Waals surface area contributed by atoms with Crippen molar-refractivity contribution in [1.29, 1.82) is 0 Å². The molecule has 66 valence electrons. The molecule has 1 aliphatic rings. The van der Waals surface area contributed by atoms with Crippen LogP contribution < -0.4 is 5.43 Å². The first kappa shape index (κ1) is 7.78. The van der Waals surface area contributed by atoms with Crippen LogP contribution in [0.5, 0.6) is 0 Å². The Morgan fingerprint density at radius 1 is 1.46 bits per heavy atom. The van der Waals surface area contributed by atoms with E-state index >= 15 is 0 Å². The van der Waals surface area contributed by atoms with Crippen LogP contribution in [0.1, 0.15) is 11.7 Å². The normalized spacial score (nSPS) is 20.4. The van der Waals surface area contributed by atoms with Gasteiger partial charge >= 0.3 is 0 Å². The molecule has 6 heteroatoms. The SMILES string of the molecule is O=C1NN=NC1c1ccc(F)cn1. The Balaban J connectivity index is 2.30. The molecule has 0 saturated heterocycles. The number of aromatic nitrogens is 1. The summed E-state index contributed by atoms with van der Waals surface area (Å²) in [6, 6.07) is 1.90. The van der Waals surface area contributed by atoms with E-state index in [1.165, 1.54) is 12.1 Å². The van der Waals surface area contributed by atoms with Crippen molar-refractivity contribution < 1.29 is 9.18 Å². The molecule has 0 fully saturated rings. The van der Waals surface area contributed by atoms with Gasteiger partial charge in [0.1, 0.15) is 5.82 Å². The summed E-state index contributed by atoms with van der Waals surface area (Å²) in [5.41, 5.74) is 2.56. The molecule has 0 radical (unpaired) electrons. The van der Waals surface area contributed by atoms with E-state index in [-0.39, 0.29) is 5.91 Å². The number of hydrogen-bond donors (Lipinski definition) is 1. The second kappa shape index (κ2) is 2.89. The summed E-state index contributed by atoms with van der Waals surface area (Å²) in [4.78, 5) is 14.7. The zero-order valence-electron chi connectivity index (χ0n) is 6.44. The molecule has 1 atom stereocenters. The van der Waals surface area contributed by atoms with E-state index in [0.717, 1.165) is 6.20 Å². The predicted octanol–water partition coefficient (Wildman–Crippen LogP) is 0.759. The van der Waals surface area contributed by atoms with Crippen LogP contribution in [0.2, 0.25) is 0 Å². The van der Waals surface area contributed by atoms with Crippen LogP contribution in [-0.4, -0.2) is 10.9 Å². The molecule has 1 aromatic rings. The van der Waals surface area contributed by atoms with Crippen molar-refractivity contribution in [2.24, 2.45) is 10.3 Å². The summed E-state index contributed by atoms with van der Waals surface area (Å²) in [5.74, 6) is -0.793. The van der Waals surface area contributed by atoms with Crippen molar-refractivity contribution in [3.05, 3.63) is 29.8 Å². The maximum Gasteiger partial charge on any atom is 0.274 e. The maximum absolute atomic E-state index is 12.5. The van der Waals surface area contributed by atoms with E-state index in [4.69, 9.17) is 0 Å². The highest BCUT2D eigenvalue weighted by Gasteiger charge is 2.25. The third kappa shape index (κ3) is 1.37. The van der Waals surface area contributed by atoms with Crippen molar-refractivity contribution in [3.63, 3.8) is 0 Å². The number of amides is 1. The first-order valence-electron chi connectivity index (χ1n) is 3.58. The van der Waals surface area contributed by atoms with Crippen LogP contribution in [0, 0.1) is 5.82 Å². The van der Waals surface area contributed by atoms with Crippen molar-refractivity contribution in [3.8, 4) is 0 Å². The lowest BCUT2D eigenvalue weighted by atomic mass is 10.2. The van der Waals surface area contributed by atoms with E-state index in [2.05, 4.69) is 20.7 Å². The number of nitrogens with zero attached hydrogens (tertiary/aromatic N) is 3. The Labute approximate surface area is 72.7 Å². The van der Waals surface area contributed by atoms with E-state index in [1.54, 1.807) is 0 Å². The molecule has 1 unspecified atom stereocenters. The van der Waals surface area contributed by atoms with E-state index in [9.17, 15) is 9.18 Å². The molecule has 5 nitrogen and oxygen atoms in total. The molecule has 2 rings (SSSR count). The number of nitrogens with one attached hydrogen (secondary N) is 1. The quantitative estimate of drug-likeness (QED) is 0.693. The number of carbonyl (C=O) groups excluding carboxylic acids is 1. The Morgan fingerprint density at radius 2 is 2.31 bits per heavy atom. The van der Waals surface area contributed by atoms with Crippen LogP contribution in [0.25, 0.3) is 0 Å². The maximum atomic E-state index is 12.5. The molecule has 1 N–H and O–H groups in total. The minimum atomic E-state index is -0.736. The van der Waals surface area contributed by atoms with E-state index < -0.39 is 11.9 Å². The minimum absolute atomic E-state index is 0.348. The first-order valence-corrected chi connectivity index (χ1v) is 3.58. The fourth-order valence-electron chi connectivity index (χ4n) is 0.992. The molecule has 0 bridgehead atoms. The number of pyridine rings is 1. The Morgan fingerprint density at radius 3 is 2.85 bits per heavy atom.